The molecular formula is C17H11N5. The van der Waals surface area contributed by atoms with E-state index < -0.39 is 0 Å². The van der Waals surface area contributed by atoms with Gasteiger partial charge in [0.05, 0.1) is 35.4 Å². The minimum Gasteiger partial charge on any atom is -0.298 e. The first kappa shape index (κ1) is 12.4. The molecule has 0 N–H and O–H groups in total. The maximum Gasteiger partial charge on any atom is 0.144 e. The monoisotopic (exact) mass is 285 g/mol. The zero-order chi connectivity index (χ0) is 14.9. The largest absolute Gasteiger partial charge is 0.298 e. The summed E-state index contributed by atoms with van der Waals surface area (Å²) in [6.07, 6.45) is 7.46. The predicted molar refractivity (Wildman–Crippen MR) is 82.9 cm³/mol. The highest BCUT2D eigenvalue weighted by atomic mass is 15.3. The number of benzene rings is 1. The van der Waals surface area contributed by atoms with Crippen LogP contribution in [0, 0.1) is 11.3 Å². The molecule has 0 unspecified atom stereocenters. The molecule has 0 spiro atoms. The topological polar surface area (TPSA) is 59.4 Å². The molecule has 3 heterocycles. The molecule has 5 nitrogen and oxygen atoms in total. The van der Waals surface area contributed by atoms with Gasteiger partial charge < -0.3 is 0 Å². The van der Waals surface area contributed by atoms with Crippen molar-refractivity contribution in [2.45, 2.75) is 0 Å². The van der Waals surface area contributed by atoms with E-state index in [4.69, 9.17) is 5.26 Å². The fraction of sp³-hybridized carbons (Fsp3) is 0. The van der Waals surface area contributed by atoms with Crippen LogP contribution in [0.2, 0.25) is 0 Å². The molecule has 0 amide bonds. The highest BCUT2D eigenvalue weighted by Gasteiger charge is 2.07. The molecule has 0 atom stereocenters. The van der Waals surface area contributed by atoms with Crippen molar-refractivity contribution in [3.05, 3.63) is 72.8 Å². The highest BCUT2D eigenvalue weighted by molar-refractivity contribution is 5.77. The number of nitriles is 1. The lowest BCUT2D eigenvalue weighted by molar-refractivity contribution is 0.879. The van der Waals surface area contributed by atoms with Gasteiger partial charge in [0.25, 0.3) is 0 Å². The van der Waals surface area contributed by atoms with Gasteiger partial charge in [-0.1, -0.05) is 6.07 Å². The molecule has 0 aliphatic rings. The smallest absolute Gasteiger partial charge is 0.144 e. The molecule has 0 saturated carbocycles. The molecule has 0 aliphatic carbocycles. The number of pyridine rings is 1. The van der Waals surface area contributed by atoms with Crippen molar-refractivity contribution >= 4 is 11.0 Å². The van der Waals surface area contributed by atoms with Crippen LogP contribution in [0.5, 0.6) is 0 Å². The van der Waals surface area contributed by atoms with Crippen molar-refractivity contribution in [2.24, 2.45) is 0 Å². The molecule has 0 bridgehead atoms. The molecule has 1 aromatic carbocycles. The van der Waals surface area contributed by atoms with Gasteiger partial charge >= 0.3 is 0 Å². The second-order valence-electron chi connectivity index (χ2n) is 4.91. The SMILES string of the molecule is N#Cc1cccc(-n2cc(-n3ccc4cccnc43)cn2)c1. The van der Waals surface area contributed by atoms with E-state index in [-0.39, 0.29) is 0 Å². The molecule has 4 rings (SSSR count). The third kappa shape index (κ3) is 1.95. The van der Waals surface area contributed by atoms with Gasteiger partial charge in [0.15, 0.2) is 0 Å². The lowest BCUT2D eigenvalue weighted by Gasteiger charge is -2.02. The fourth-order valence-electron chi connectivity index (χ4n) is 2.47. The van der Waals surface area contributed by atoms with Crippen molar-refractivity contribution in [3.8, 4) is 17.4 Å². The van der Waals surface area contributed by atoms with E-state index >= 15 is 0 Å². The third-order valence-corrected chi connectivity index (χ3v) is 3.54. The summed E-state index contributed by atoms with van der Waals surface area (Å²) in [5, 5.41) is 14.5. The van der Waals surface area contributed by atoms with Crippen molar-refractivity contribution in [3.63, 3.8) is 0 Å². The van der Waals surface area contributed by atoms with Crippen LogP contribution < -0.4 is 0 Å². The van der Waals surface area contributed by atoms with E-state index in [1.54, 1.807) is 23.1 Å². The van der Waals surface area contributed by atoms with Crippen LogP contribution in [0.15, 0.2) is 67.3 Å². The maximum atomic E-state index is 8.99. The van der Waals surface area contributed by atoms with E-state index in [0.717, 1.165) is 22.4 Å². The Morgan fingerprint density at radius 2 is 2.00 bits per heavy atom. The number of aromatic nitrogens is 4. The molecule has 3 aromatic heterocycles. The second-order valence-corrected chi connectivity index (χ2v) is 4.91. The molecular weight excluding hydrogens is 274 g/mol. The van der Waals surface area contributed by atoms with Crippen LogP contribution >= 0.6 is 0 Å². The van der Waals surface area contributed by atoms with Crippen LogP contribution in [0.4, 0.5) is 0 Å². The van der Waals surface area contributed by atoms with Gasteiger partial charge in [0.1, 0.15) is 5.65 Å². The molecule has 0 aliphatic heterocycles. The molecule has 4 aromatic rings. The Kier molecular flexibility index (Phi) is 2.73. The van der Waals surface area contributed by atoms with Gasteiger partial charge in [-0.15, -0.1) is 0 Å². The summed E-state index contributed by atoms with van der Waals surface area (Å²) >= 11 is 0. The predicted octanol–water partition coefficient (Wildman–Crippen LogP) is 3.08. The van der Waals surface area contributed by atoms with Crippen molar-refractivity contribution < 1.29 is 0 Å². The molecule has 0 saturated heterocycles. The Hall–Kier alpha value is -3.39. The van der Waals surface area contributed by atoms with Gasteiger partial charge in [0.2, 0.25) is 0 Å². The van der Waals surface area contributed by atoms with E-state index in [1.807, 2.05) is 53.4 Å². The molecule has 0 fully saturated rings. The lowest BCUT2D eigenvalue weighted by Crippen LogP contribution is -1.95. The highest BCUT2D eigenvalue weighted by Crippen LogP contribution is 2.19. The second kappa shape index (κ2) is 4.86. The number of hydrogen-bond acceptors (Lipinski definition) is 3. The summed E-state index contributed by atoms with van der Waals surface area (Å²) in [6, 6.07) is 15.5. The fourth-order valence-corrected chi connectivity index (χ4v) is 2.47. The van der Waals surface area contributed by atoms with Crippen LogP contribution in [0.1, 0.15) is 5.56 Å². The van der Waals surface area contributed by atoms with Gasteiger partial charge in [-0.05, 0) is 36.4 Å². The first-order valence-electron chi connectivity index (χ1n) is 6.83. The summed E-state index contributed by atoms with van der Waals surface area (Å²) in [4.78, 5) is 4.41. The van der Waals surface area contributed by atoms with E-state index in [2.05, 4.69) is 16.2 Å². The lowest BCUT2D eigenvalue weighted by atomic mass is 10.2. The van der Waals surface area contributed by atoms with Gasteiger partial charge in [-0.25, -0.2) is 9.67 Å². The Morgan fingerprint density at radius 3 is 2.91 bits per heavy atom. The number of rotatable bonds is 2. The van der Waals surface area contributed by atoms with Crippen molar-refractivity contribution in [1.29, 1.82) is 5.26 Å². The summed E-state index contributed by atoms with van der Waals surface area (Å²) < 4.78 is 3.75. The van der Waals surface area contributed by atoms with Gasteiger partial charge in [-0.3, -0.25) is 4.57 Å². The first-order chi connectivity index (χ1) is 10.8. The summed E-state index contributed by atoms with van der Waals surface area (Å²) in [5.74, 6) is 0. The number of hydrogen-bond donors (Lipinski definition) is 0. The average molecular weight is 285 g/mol. The van der Waals surface area contributed by atoms with E-state index in [1.165, 1.54) is 0 Å². The Labute approximate surface area is 126 Å². The number of nitrogens with zero attached hydrogens (tertiary/aromatic N) is 5. The number of fused-ring (bicyclic) bond motifs is 1. The van der Waals surface area contributed by atoms with Gasteiger partial charge in [0, 0.05) is 17.8 Å². The minimum absolute atomic E-state index is 0.614. The van der Waals surface area contributed by atoms with Crippen LogP contribution in [-0.2, 0) is 0 Å². The van der Waals surface area contributed by atoms with Crippen LogP contribution in [0.3, 0.4) is 0 Å². The standard InChI is InChI=1S/C17H11N5/c18-10-13-3-1-5-15(9-13)22-12-16(11-20-22)21-8-6-14-4-2-7-19-17(14)21/h1-9,11-12H. The third-order valence-electron chi connectivity index (χ3n) is 3.54. The average Bonchev–Trinajstić information content (AvgIpc) is 3.21. The van der Waals surface area contributed by atoms with Crippen LogP contribution in [-0.4, -0.2) is 19.3 Å². The Bertz CT molecular complexity index is 1000. The molecule has 104 valence electrons. The van der Waals surface area contributed by atoms with Crippen molar-refractivity contribution in [1.82, 2.24) is 19.3 Å². The van der Waals surface area contributed by atoms with Crippen molar-refractivity contribution in [2.75, 3.05) is 0 Å². The summed E-state index contributed by atoms with van der Waals surface area (Å²) in [5.41, 5.74) is 3.29. The minimum atomic E-state index is 0.614. The quantitative estimate of drug-likeness (QED) is 0.568. The molecule has 22 heavy (non-hydrogen) atoms. The zero-order valence-electron chi connectivity index (χ0n) is 11.6. The van der Waals surface area contributed by atoms with E-state index in [9.17, 15) is 0 Å². The normalized spacial score (nSPS) is 10.7. The Morgan fingerprint density at radius 1 is 1.05 bits per heavy atom. The summed E-state index contributed by atoms with van der Waals surface area (Å²) in [7, 11) is 0. The van der Waals surface area contributed by atoms with Crippen LogP contribution in [0.25, 0.3) is 22.4 Å². The van der Waals surface area contributed by atoms with E-state index in [0.29, 0.717) is 5.56 Å². The van der Waals surface area contributed by atoms with Gasteiger partial charge in [-0.2, -0.15) is 10.4 Å². The maximum absolute atomic E-state index is 8.99. The summed E-state index contributed by atoms with van der Waals surface area (Å²) in [6.45, 7) is 0. The molecule has 5 heteroatoms. The Balaban J connectivity index is 1.80. The molecule has 0 radical (unpaired) electrons. The zero-order valence-corrected chi connectivity index (χ0v) is 11.6. The first-order valence-corrected chi connectivity index (χ1v) is 6.83.